The number of anilines is 3. The van der Waals surface area contributed by atoms with E-state index in [9.17, 15) is 0 Å². The van der Waals surface area contributed by atoms with Gasteiger partial charge in [-0.15, -0.1) is 0 Å². The van der Waals surface area contributed by atoms with E-state index in [1.807, 2.05) is 0 Å². The fraction of sp³-hybridized carbons (Fsp3) is 0. The fourth-order valence-corrected chi connectivity index (χ4v) is 6.95. The van der Waals surface area contributed by atoms with Crippen molar-refractivity contribution in [1.82, 2.24) is 0 Å². The first-order valence-electron chi connectivity index (χ1n) is 16.3. The van der Waals surface area contributed by atoms with Gasteiger partial charge in [-0.1, -0.05) is 133 Å². The number of para-hydroxylation sites is 1. The Bertz CT molecular complexity index is 2530. The molecule has 0 aliphatic heterocycles. The van der Waals surface area contributed by atoms with Gasteiger partial charge in [-0.2, -0.15) is 0 Å². The summed E-state index contributed by atoms with van der Waals surface area (Å²) in [5.41, 5.74) is 12.3. The van der Waals surface area contributed by atoms with Crippen molar-refractivity contribution in [2.45, 2.75) is 0 Å². The summed E-state index contributed by atoms with van der Waals surface area (Å²) in [6.07, 6.45) is 0. The number of hydrogen-bond acceptors (Lipinski definition) is 2. The van der Waals surface area contributed by atoms with Gasteiger partial charge >= 0.3 is 0 Å². The number of rotatable bonds is 6. The smallest absolute Gasteiger partial charge is 0.136 e. The van der Waals surface area contributed by atoms with Gasteiger partial charge in [-0.05, 0) is 98.8 Å². The maximum atomic E-state index is 6.37. The van der Waals surface area contributed by atoms with Gasteiger partial charge < -0.3 is 9.32 Å². The molecular formula is C46H31NO. The molecule has 0 bridgehead atoms. The Morgan fingerprint density at radius 3 is 1.58 bits per heavy atom. The number of furan rings is 1. The Labute approximate surface area is 279 Å². The summed E-state index contributed by atoms with van der Waals surface area (Å²) in [7, 11) is 0. The third kappa shape index (κ3) is 4.92. The van der Waals surface area contributed by atoms with Gasteiger partial charge in [0.2, 0.25) is 0 Å². The first kappa shape index (κ1) is 27.9. The standard InChI is InChI=1S/C46H31NO/c1-3-11-33(12-4-1)40-16-9-10-17-41(40)35-21-27-39(28-22-35)47(37-14-5-2-6-15-37)38-25-19-32(20-26-38)36-23-29-43-45(31-36)48-44-30-24-34-13-7-8-18-42(34)46(43)44/h1-31H. The van der Waals surface area contributed by atoms with Gasteiger partial charge in [0.15, 0.2) is 0 Å². The Morgan fingerprint density at radius 2 is 0.875 bits per heavy atom. The molecule has 0 atom stereocenters. The van der Waals surface area contributed by atoms with Crippen molar-refractivity contribution in [3.05, 3.63) is 188 Å². The van der Waals surface area contributed by atoms with E-state index in [1.54, 1.807) is 0 Å². The summed E-state index contributed by atoms with van der Waals surface area (Å²) in [4.78, 5) is 2.31. The predicted octanol–water partition coefficient (Wildman–Crippen LogP) is 13.2. The molecule has 0 spiro atoms. The predicted molar refractivity (Wildman–Crippen MR) is 202 cm³/mol. The highest BCUT2D eigenvalue weighted by Crippen LogP contribution is 2.40. The Hall–Kier alpha value is -6.38. The van der Waals surface area contributed by atoms with Crippen molar-refractivity contribution in [2.24, 2.45) is 0 Å². The molecule has 0 aliphatic rings. The lowest BCUT2D eigenvalue weighted by Gasteiger charge is -2.26. The van der Waals surface area contributed by atoms with Crippen LogP contribution in [0.25, 0.3) is 66.1 Å². The summed E-state index contributed by atoms with van der Waals surface area (Å²) >= 11 is 0. The minimum Gasteiger partial charge on any atom is -0.456 e. The SMILES string of the molecule is c1ccc(-c2ccccc2-c2ccc(N(c3ccccc3)c3ccc(-c4ccc5c(c4)oc4ccc6ccccc6c45)cc3)cc2)cc1. The Balaban J connectivity index is 1.07. The molecule has 8 aromatic carbocycles. The van der Waals surface area contributed by atoms with E-state index >= 15 is 0 Å². The maximum Gasteiger partial charge on any atom is 0.136 e. The van der Waals surface area contributed by atoms with Crippen LogP contribution >= 0.6 is 0 Å². The molecule has 48 heavy (non-hydrogen) atoms. The van der Waals surface area contributed by atoms with Crippen molar-refractivity contribution < 1.29 is 4.42 Å². The molecule has 0 amide bonds. The van der Waals surface area contributed by atoms with E-state index in [1.165, 1.54) is 38.4 Å². The second-order valence-electron chi connectivity index (χ2n) is 12.1. The first-order chi connectivity index (χ1) is 23.8. The second kappa shape index (κ2) is 11.8. The minimum atomic E-state index is 0.905. The maximum absolute atomic E-state index is 6.37. The van der Waals surface area contributed by atoms with E-state index in [-0.39, 0.29) is 0 Å². The van der Waals surface area contributed by atoms with Gasteiger partial charge in [0.1, 0.15) is 11.2 Å². The molecule has 9 rings (SSSR count). The minimum absolute atomic E-state index is 0.905. The molecule has 2 nitrogen and oxygen atoms in total. The Kier molecular flexibility index (Phi) is 6.84. The fourth-order valence-electron chi connectivity index (χ4n) is 6.95. The second-order valence-corrected chi connectivity index (χ2v) is 12.1. The largest absolute Gasteiger partial charge is 0.456 e. The van der Waals surface area contributed by atoms with Crippen LogP contribution in [0.15, 0.2) is 192 Å². The number of fused-ring (bicyclic) bond motifs is 5. The van der Waals surface area contributed by atoms with Crippen LogP contribution in [-0.2, 0) is 0 Å². The lowest BCUT2D eigenvalue weighted by molar-refractivity contribution is 0.669. The number of benzene rings is 8. The average Bonchev–Trinajstić information content (AvgIpc) is 3.55. The summed E-state index contributed by atoms with van der Waals surface area (Å²) in [6.45, 7) is 0. The molecule has 0 saturated heterocycles. The third-order valence-electron chi connectivity index (χ3n) is 9.28. The van der Waals surface area contributed by atoms with Crippen molar-refractivity contribution >= 4 is 49.8 Å². The summed E-state index contributed by atoms with van der Waals surface area (Å²) in [5.74, 6) is 0. The van der Waals surface area contributed by atoms with Gasteiger partial charge in [-0.25, -0.2) is 0 Å². The van der Waals surface area contributed by atoms with Gasteiger partial charge in [-0.3, -0.25) is 0 Å². The monoisotopic (exact) mass is 613 g/mol. The van der Waals surface area contributed by atoms with E-state index < -0.39 is 0 Å². The van der Waals surface area contributed by atoms with E-state index in [4.69, 9.17) is 4.42 Å². The van der Waals surface area contributed by atoms with Crippen molar-refractivity contribution in [3.63, 3.8) is 0 Å². The Morgan fingerprint density at radius 1 is 0.333 bits per heavy atom. The van der Waals surface area contributed by atoms with Crippen LogP contribution in [0.2, 0.25) is 0 Å². The van der Waals surface area contributed by atoms with Crippen LogP contribution < -0.4 is 4.90 Å². The molecule has 0 fully saturated rings. The highest BCUT2D eigenvalue weighted by molar-refractivity contribution is 6.19. The van der Waals surface area contributed by atoms with Crippen LogP contribution in [0.5, 0.6) is 0 Å². The molecule has 226 valence electrons. The molecule has 0 aliphatic carbocycles. The molecule has 2 heteroatoms. The highest BCUT2D eigenvalue weighted by atomic mass is 16.3. The zero-order valence-electron chi connectivity index (χ0n) is 26.3. The van der Waals surface area contributed by atoms with Crippen molar-refractivity contribution in [2.75, 3.05) is 4.90 Å². The zero-order chi connectivity index (χ0) is 31.9. The van der Waals surface area contributed by atoms with Crippen molar-refractivity contribution in [3.8, 4) is 33.4 Å². The lowest BCUT2D eigenvalue weighted by atomic mass is 9.94. The van der Waals surface area contributed by atoms with E-state index in [0.717, 1.165) is 44.7 Å². The van der Waals surface area contributed by atoms with Crippen LogP contribution in [0.3, 0.4) is 0 Å². The van der Waals surface area contributed by atoms with Crippen LogP contribution in [0.4, 0.5) is 17.1 Å². The zero-order valence-corrected chi connectivity index (χ0v) is 26.3. The molecule has 9 aromatic rings. The van der Waals surface area contributed by atoms with E-state index in [0.29, 0.717) is 0 Å². The normalized spacial score (nSPS) is 11.3. The van der Waals surface area contributed by atoms with Gasteiger partial charge in [0, 0.05) is 27.8 Å². The van der Waals surface area contributed by atoms with Crippen LogP contribution in [0, 0.1) is 0 Å². The number of hydrogen-bond donors (Lipinski definition) is 0. The molecule has 0 N–H and O–H groups in total. The molecule has 1 heterocycles. The topological polar surface area (TPSA) is 16.4 Å². The molecule has 0 unspecified atom stereocenters. The molecular weight excluding hydrogens is 583 g/mol. The quantitative estimate of drug-likeness (QED) is 0.185. The molecule has 0 radical (unpaired) electrons. The van der Waals surface area contributed by atoms with Gasteiger partial charge in [0.05, 0.1) is 0 Å². The lowest BCUT2D eigenvalue weighted by Crippen LogP contribution is -2.09. The van der Waals surface area contributed by atoms with Gasteiger partial charge in [0.25, 0.3) is 0 Å². The number of nitrogens with zero attached hydrogens (tertiary/aromatic N) is 1. The molecule has 0 saturated carbocycles. The van der Waals surface area contributed by atoms with Crippen molar-refractivity contribution in [1.29, 1.82) is 0 Å². The average molecular weight is 614 g/mol. The summed E-state index contributed by atoms with van der Waals surface area (Å²) in [6, 6.07) is 66.8. The third-order valence-corrected chi connectivity index (χ3v) is 9.28. The highest BCUT2D eigenvalue weighted by Gasteiger charge is 2.15. The van der Waals surface area contributed by atoms with E-state index in [2.05, 4.69) is 193 Å². The van der Waals surface area contributed by atoms with Crippen LogP contribution in [0.1, 0.15) is 0 Å². The van der Waals surface area contributed by atoms with Crippen LogP contribution in [-0.4, -0.2) is 0 Å². The summed E-state index contributed by atoms with van der Waals surface area (Å²) in [5, 5.41) is 4.77. The molecule has 1 aromatic heterocycles. The summed E-state index contributed by atoms with van der Waals surface area (Å²) < 4.78 is 6.37. The first-order valence-corrected chi connectivity index (χ1v) is 16.3.